The second-order valence-electron chi connectivity index (χ2n) is 5.42. The molecular formula is C17H17FN2O2S. The highest BCUT2D eigenvalue weighted by Gasteiger charge is 2.13. The topological polar surface area (TPSA) is 49.5 Å². The van der Waals surface area contributed by atoms with Crippen molar-refractivity contribution in [3.8, 4) is 10.6 Å². The molecule has 0 spiro atoms. The lowest BCUT2D eigenvalue weighted by molar-refractivity contribution is 0.123. The van der Waals surface area contributed by atoms with E-state index in [0.717, 1.165) is 16.3 Å². The Morgan fingerprint density at radius 2 is 2.09 bits per heavy atom. The number of aliphatic hydroxyl groups excluding tert-OH is 1. The van der Waals surface area contributed by atoms with E-state index in [2.05, 4.69) is 4.98 Å². The van der Waals surface area contributed by atoms with Crippen LogP contribution < -0.4 is 0 Å². The second-order valence-corrected chi connectivity index (χ2v) is 6.28. The molecule has 1 N–H and O–H groups in total. The molecule has 0 bridgehead atoms. The molecule has 3 aromatic rings. The summed E-state index contributed by atoms with van der Waals surface area (Å²) in [5.41, 5.74) is 2.62. The van der Waals surface area contributed by atoms with Crippen LogP contribution in [0.1, 0.15) is 17.4 Å². The van der Waals surface area contributed by atoms with Crippen molar-refractivity contribution in [2.75, 3.05) is 13.6 Å². The lowest BCUT2D eigenvalue weighted by atomic mass is 10.1. The molecule has 120 valence electrons. The van der Waals surface area contributed by atoms with Gasteiger partial charge in [0.25, 0.3) is 0 Å². The maximum absolute atomic E-state index is 12.9. The Hall–Kier alpha value is -2.02. The van der Waals surface area contributed by atoms with Gasteiger partial charge in [-0.15, -0.1) is 11.3 Å². The van der Waals surface area contributed by atoms with Crippen LogP contribution in [0.15, 0.2) is 52.7 Å². The zero-order valence-electron chi connectivity index (χ0n) is 12.6. The third-order valence-corrected chi connectivity index (χ3v) is 4.43. The van der Waals surface area contributed by atoms with Crippen molar-refractivity contribution in [2.45, 2.75) is 12.6 Å². The fraction of sp³-hybridized carbons (Fsp3) is 0.235. The van der Waals surface area contributed by atoms with Gasteiger partial charge in [-0.1, -0.05) is 12.1 Å². The van der Waals surface area contributed by atoms with Crippen LogP contribution >= 0.6 is 11.3 Å². The summed E-state index contributed by atoms with van der Waals surface area (Å²) in [6.07, 6.45) is 2.64. The molecule has 6 heteroatoms. The average Bonchev–Trinajstić information content (AvgIpc) is 3.18. The number of furan rings is 1. The van der Waals surface area contributed by atoms with Crippen molar-refractivity contribution >= 4 is 11.3 Å². The number of aliphatic hydroxyl groups is 1. The fourth-order valence-electron chi connectivity index (χ4n) is 2.32. The van der Waals surface area contributed by atoms with Gasteiger partial charge in [-0.2, -0.15) is 0 Å². The number of hydrogen-bond donors (Lipinski definition) is 1. The highest BCUT2D eigenvalue weighted by Crippen LogP contribution is 2.24. The summed E-state index contributed by atoms with van der Waals surface area (Å²) in [6, 6.07) is 7.80. The van der Waals surface area contributed by atoms with E-state index >= 15 is 0 Å². The van der Waals surface area contributed by atoms with Crippen LogP contribution in [0.4, 0.5) is 4.39 Å². The summed E-state index contributed by atoms with van der Waals surface area (Å²) >= 11 is 1.56. The van der Waals surface area contributed by atoms with Crippen molar-refractivity contribution < 1.29 is 13.9 Å². The smallest absolute Gasteiger partial charge is 0.126 e. The first-order chi connectivity index (χ1) is 11.1. The van der Waals surface area contributed by atoms with Crippen LogP contribution in [0.3, 0.4) is 0 Å². The molecule has 1 atom stereocenters. The summed E-state index contributed by atoms with van der Waals surface area (Å²) in [5, 5.41) is 13.1. The largest absolute Gasteiger partial charge is 0.472 e. The van der Waals surface area contributed by atoms with Crippen LogP contribution in [-0.2, 0) is 6.54 Å². The number of likely N-dealkylation sites (N-methyl/N-ethyl adjacent to an activating group) is 1. The van der Waals surface area contributed by atoms with Crippen molar-refractivity contribution in [3.05, 3.63) is 65.3 Å². The van der Waals surface area contributed by atoms with Crippen LogP contribution in [-0.4, -0.2) is 28.6 Å². The molecular weight excluding hydrogens is 315 g/mol. The maximum Gasteiger partial charge on any atom is 0.126 e. The minimum atomic E-state index is -0.660. The number of aromatic nitrogens is 1. The third kappa shape index (κ3) is 4.04. The lowest BCUT2D eigenvalue weighted by Crippen LogP contribution is -2.24. The van der Waals surface area contributed by atoms with E-state index in [1.807, 2.05) is 23.4 Å². The Morgan fingerprint density at radius 1 is 1.30 bits per heavy atom. The monoisotopic (exact) mass is 332 g/mol. The Morgan fingerprint density at radius 3 is 2.78 bits per heavy atom. The molecule has 23 heavy (non-hydrogen) atoms. The Bertz CT molecular complexity index is 740. The molecule has 0 amide bonds. The molecule has 0 saturated heterocycles. The Balaban J connectivity index is 1.58. The first kappa shape index (κ1) is 15.9. The van der Waals surface area contributed by atoms with Crippen molar-refractivity contribution in [3.63, 3.8) is 0 Å². The average molecular weight is 332 g/mol. The van der Waals surface area contributed by atoms with Crippen molar-refractivity contribution in [2.24, 2.45) is 0 Å². The Kier molecular flexibility index (Phi) is 4.85. The van der Waals surface area contributed by atoms with Gasteiger partial charge in [0.1, 0.15) is 17.1 Å². The molecule has 4 nitrogen and oxygen atoms in total. The minimum Gasteiger partial charge on any atom is -0.472 e. The van der Waals surface area contributed by atoms with E-state index in [0.29, 0.717) is 18.7 Å². The van der Waals surface area contributed by atoms with Gasteiger partial charge in [0.2, 0.25) is 0 Å². The number of hydrogen-bond acceptors (Lipinski definition) is 5. The van der Waals surface area contributed by atoms with Crippen LogP contribution in [0.2, 0.25) is 0 Å². The summed E-state index contributed by atoms with van der Waals surface area (Å²) in [7, 11) is 1.92. The highest BCUT2D eigenvalue weighted by atomic mass is 32.1. The molecule has 2 heterocycles. The van der Waals surface area contributed by atoms with Gasteiger partial charge >= 0.3 is 0 Å². The number of halogens is 1. The quantitative estimate of drug-likeness (QED) is 0.748. The van der Waals surface area contributed by atoms with Gasteiger partial charge in [-0.25, -0.2) is 9.37 Å². The van der Waals surface area contributed by atoms with Crippen LogP contribution in [0.25, 0.3) is 10.6 Å². The van der Waals surface area contributed by atoms with E-state index in [-0.39, 0.29) is 5.82 Å². The highest BCUT2D eigenvalue weighted by molar-refractivity contribution is 7.13. The number of thiazole rings is 1. The van der Waals surface area contributed by atoms with Gasteiger partial charge in [-0.3, -0.25) is 4.90 Å². The molecule has 0 saturated carbocycles. The predicted molar refractivity (Wildman–Crippen MR) is 87.5 cm³/mol. The molecule has 1 aromatic carbocycles. The van der Waals surface area contributed by atoms with Gasteiger partial charge < -0.3 is 9.52 Å². The summed E-state index contributed by atoms with van der Waals surface area (Å²) in [4.78, 5) is 6.56. The molecule has 0 radical (unpaired) electrons. The number of benzene rings is 1. The number of nitrogens with zero attached hydrogens (tertiary/aromatic N) is 2. The van der Waals surface area contributed by atoms with E-state index < -0.39 is 6.10 Å². The molecule has 0 unspecified atom stereocenters. The molecule has 0 aliphatic heterocycles. The van der Waals surface area contributed by atoms with Gasteiger partial charge in [-0.05, 0) is 30.8 Å². The number of rotatable bonds is 6. The van der Waals surface area contributed by atoms with E-state index in [1.165, 1.54) is 12.1 Å². The van der Waals surface area contributed by atoms with Gasteiger partial charge in [0.05, 0.1) is 18.1 Å². The second kappa shape index (κ2) is 7.04. The first-order valence-electron chi connectivity index (χ1n) is 7.21. The molecule has 2 aromatic heterocycles. The van der Waals surface area contributed by atoms with E-state index in [9.17, 15) is 9.50 Å². The minimum absolute atomic E-state index is 0.302. The third-order valence-electron chi connectivity index (χ3n) is 3.49. The van der Waals surface area contributed by atoms with Crippen LogP contribution in [0, 0.1) is 5.82 Å². The molecule has 0 aliphatic carbocycles. The predicted octanol–water partition coefficient (Wildman–Crippen LogP) is 3.71. The summed E-state index contributed by atoms with van der Waals surface area (Å²) in [5.74, 6) is -0.302. The fourth-order valence-corrected chi connectivity index (χ4v) is 3.12. The molecule has 3 rings (SSSR count). The first-order valence-corrected chi connectivity index (χ1v) is 8.09. The van der Waals surface area contributed by atoms with E-state index in [4.69, 9.17) is 4.42 Å². The van der Waals surface area contributed by atoms with Crippen molar-refractivity contribution in [1.82, 2.24) is 9.88 Å². The zero-order chi connectivity index (χ0) is 16.2. The molecule has 0 fully saturated rings. The maximum atomic E-state index is 12.9. The zero-order valence-corrected chi connectivity index (χ0v) is 13.5. The van der Waals surface area contributed by atoms with Gasteiger partial charge in [0.15, 0.2) is 0 Å². The van der Waals surface area contributed by atoms with Crippen LogP contribution in [0.5, 0.6) is 0 Å². The normalized spacial score (nSPS) is 12.7. The van der Waals surface area contributed by atoms with Gasteiger partial charge in [0, 0.05) is 24.0 Å². The summed E-state index contributed by atoms with van der Waals surface area (Å²) < 4.78 is 18.0. The van der Waals surface area contributed by atoms with Crippen molar-refractivity contribution in [1.29, 1.82) is 0 Å². The lowest BCUT2D eigenvalue weighted by Gasteiger charge is -2.19. The van der Waals surface area contributed by atoms with E-state index in [1.54, 1.807) is 36.0 Å². The summed E-state index contributed by atoms with van der Waals surface area (Å²) in [6.45, 7) is 1.08. The Labute approximate surface area is 137 Å². The molecule has 0 aliphatic rings. The SMILES string of the molecule is CN(Cc1csc(-c2ccoc2)n1)C[C@H](O)c1ccc(F)cc1. The standard InChI is InChI=1S/C17H17FN2O2S/c1-20(9-16(21)12-2-4-14(18)5-3-12)8-15-11-23-17(19-15)13-6-7-22-10-13/h2-7,10-11,16,21H,8-9H2,1H3/t16-/m0/s1.